The Bertz CT molecular complexity index is 1120. The van der Waals surface area contributed by atoms with Crippen LogP contribution in [0.5, 0.6) is 0 Å². The molecule has 1 saturated carbocycles. The van der Waals surface area contributed by atoms with Gasteiger partial charge in [0.05, 0.1) is 12.0 Å². The number of benzene rings is 1. The van der Waals surface area contributed by atoms with Gasteiger partial charge in [0.1, 0.15) is 0 Å². The lowest BCUT2D eigenvalue weighted by Crippen LogP contribution is -2.34. The summed E-state index contributed by atoms with van der Waals surface area (Å²) in [6.45, 7) is 4.02. The Morgan fingerprint density at radius 1 is 1.19 bits per heavy atom. The molecule has 1 aromatic carbocycles. The number of fused-ring (bicyclic) bond motifs is 1. The lowest BCUT2D eigenvalue weighted by Gasteiger charge is -2.23. The second-order valence-corrected chi connectivity index (χ2v) is 8.47. The van der Waals surface area contributed by atoms with Crippen LogP contribution in [0.15, 0.2) is 29.4 Å². The predicted octanol–water partition coefficient (Wildman–Crippen LogP) is 4.22. The van der Waals surface area contributed by atoms with E-state index in [0.29, 0.717) is 16.5 Å². The van der Waals surface area contributed by atoms with Gasteiger partial charge in [-0.1, -0.05) is 23.9 Å². The highest BCUT2D eigenvalue weighted by Crippen LogP contribution is 2.32. The quantitative estimate of drug-likeness (QED) is 0.528. The van der Waals surface area contributed by atoms with Gasteiger partial charge >= 0.3 is 6.18 Å². The van der Waals surface area contributed by atoms with Gasteiger partial charge in [0.2, 0.25) is 11.1 Å². The molecule has 0 bridgehead atoms. The van der Waals surface area contributed by atoms with Crippen LogP contribution in [0.1, 0.15) is 40.9 Å². The van der Waals surface area contributed by atoms with Crippen LogP contribution in [-0.4, -0.2) is 42.7 Å². The summed E-state index contributed by atoms with van der Waals surface area (Å²) in [4.78, 5) is 23.8. The van der Waals surface area contributed by atoms with Crippen LogP contribution in [0.25, 0.3) is 5.78 Å². The van der Waals surface area contributed by atoms with Crippen molar-refractivity contribution in [2.45, 2.75) is 57.0 Å². The molecule has 3 aromatic rings. The zero-order valence-electron chi connectivity index (χ0n) is 17.4. The van der Waals surface area contributed by atoms with Crippen molar-refractivity contribution in [3.05, 3.63) is 52.3 Å². The van der Waals surface area contributed by atoms with Crippen molar-refractivity contribution >= 4 is 23.4 Å². The van der Waals surface area contributed by atoms with Crippen LogP contribution in [0.2, 0.25) is 0 Å². The maximum absolute atomic E-state index is 13.2. The summed E-state index contributed by atoms with van der Waals surface area (Å²) in [6, 6.07) is 5.13. The topological polar surface area (TPSA) is 63.4 Å². The molecule has 2 aromatic heterocycles. The number of nitrogens with zero attached hydrogens (tertiary/aromatic N) is 5. The third-order valence-corrected chi connectivity index (χ3v) is 6.02. The predicted molar refractivity (Wildman–Crippen MR) is 111 cm³/mol. The molecule has 31 heavy (non-hydrogen) atoms. The van der Waals surface area contributed by atoms with Gasteiger partial charge in [-0.25, -0.2) is 9.50 Å². The van der Waals surface area contributed by atoms with Gasteiger partial charge in [-0.2, -0.15) is 18.2 Å². The fraction of sp³-hybridized carbons (Fsp3) is 0.429. The van der Waals surface area contributed by atoms with Crippen molar-refractivity contribution in [1.29, 1.82) is 0 Å². The number of hydrogen-bond donors (Lipinski definition) is 0. The second-order valence-electron chi connectivity index (χ2n) is 7.70. The van der Waals surface area contributed by atoms with Crippen molar-refractivity contribution in [2.24, 2.45) is 0 Å². The molecule has 0 radical (unpaired) electrons. The van der Waals surface area contributed by atoms with Crippen LogP contribution in [-0.2, 0) is 23.9 Å². The largest absolute Gasteiger partial charge is 0.416 e. The summed E-state index contributed by atoms with van der Waals surface area (Å²) in [5.41, 5.74) is 2.32. The Labute approximate surface area is 181 Å². The summed E-state index contributed by atoms with van der Waals surface area (Å²) >= 11 is 1.42. The summed E-state index contributed by atoms with van der Waals surface area (Å²) < 4.78 is 40.1. The Kier molecular flexibility index (Phi) is 5.67. The van der Waals surface area contributed by atoms with Crippen molar-refractivity contribution in [3.8, 4) is 0 Å². The number of hydrogen-bond acceptors (Lipinski definition) is 5. The molecular formula is C21H22F3N5OS. The molecule has 164 valence electrons. The third kappa shape index (κ3) is 4.53. The zero-order chi connectivity index (χ0) is 22.3. The first kappa shape index (κ1) is 21.6. The Morgan fingerprint density at radius 2 is 1.87 bits per heavy atom. The van der Waals surface area contributed by atoms with E-state index in [2.05, 4.69) is 15.1 Å². The Balaban J connectivity index is 1.56. The van der Waals surface area contributed by atoms with Gasteiger partial charge in [0.15, 0.2) is 0 Å². The lowest BCUT2D eigenvalue weighted by atomic mass is 10.1. The van der Waals surface area contributed by atoms with Crippen LogP contribution in [0, 0.1) is 13.8 Å². The van der Waals surface area contributed by atoms with Crippen molar-refractivity contribution in [1.82, 2.24) is 24.5 Å². The number of aryl methyl sites for hydroxylation is 2. The maximum Gasteiger partial charge on any atom is 0.416 e. The number of aromatic nitrogens is 4. The Morgan fingerprint density at radius 3 is 2.45 bits per heavy atom. The molecule has 6 nitrogen and oxygen atoms in total. The molecule has 0 atom stereocenters. The molecule has 1 amide bonds. The molecule has 2 heterocycles. The highest BCUT2D eigenvalue weighted by molar-refractivity contribution is 7.98. The normalized spacial score (nSPS) is 14.3. The van der Waals surface area contributed by atoms with Gasteiger partial charge in [-0.05, 0) is 50.6 Å². The van der Waals surface area contributed by atoms with Crippen LogP contribution in [0.3, 0.4) is 0 Å². The van der Waals surface area contributed by atoms with E-state index in [1.807, 2.05) is 20.1 Å². The van der Waals surface area contributed by atoms with Gasteiger partial charge in [-0.3, -0.25) is 4.79 Å². The summed E-state index contributed by atoms with van der Waals surface area (Å²) in [5, 5.41) is 5.03. The van der Waals surface area contributed by atoms with Crippen LogP contribution < -0.4 is 0 Å². The SMILES string of the molecule is CSc1nc2nc(C)c(CC(=O)N(Cc3ccc(C(F)(F)F)cc3)C3CC3)c(C)n2n1. The van der Waals surface area contributed by atoms with Crippen LogP contribution >= 0.6 is 11.8 Å². The molecule has 10 heteroatoms. The van der Waals surface area contributed by atoms with Gasteiger partial charge in [0, 0.05) is 29.5 Å². The van der Waals surface area contributed by atoms with E-state index >= 15 is 0 Å². The minimum atomic E-state index is -4.37. The highest BCUT2D eigenvalue weighted by atomic mass is 32.2. The van der Waals surface area contributed by atoms with E-state index < -0.39 is 11.7 Å². The minimum Gasteiger partial charge on any atom is -0.335 e. The first-order chi connectivity index (χ1) is 14.7. The highest BCUT2D eigenvalue weighted by Gasteiger charge is 2.34. The minimum absolute atomic E-state index is 0.0695. The monoisotopic (exact) mass is 449 g/mol. The number of carbonyl (C=O) groups excluding carboxylic acids is 1. The van der Waals surface area contributed by atoms with Crippen molar-refractivity contribution in [3.63, 3.8) is 0 Å². The number of thioether (sulfide) groups is 1. The van der Waals surface area contributed by atoms with E-state index in [0.717, 1.165) is 41.9 Å². The van der Waals surface area contributed by atoms with Crippen molar-refractivity contribution < 1.29 is 18.0 Å². The zero-order valence-corrected chi connectivity index (χ0v) is 18.2. The van der Waals surface area contributed by atoms with Gasteiger partial charge < -0.3 is 4.90 Å². The molecule has 0 N–H and O–H groups in total. The molecular weight excluding hydrogens is 427 g/mol. The summed E-state index contributed by atoms with van der Waals surface area (Å²) in [7, 11) is 0. The third-order valence-electron chi connectivity index (χ3n) is 5.48. The standard InChI is InChI=1S/C21H22F3N5OS/c1-12-17(13(2)29-19(25-12)26-20(27-29)31-3)10-18(30)28(16-8-9-16)11-14-4-6-15(7-5-14)21(22,23)24/h4-7,16H,8-11H2,1-3H3. The van der Waals surface area contributed by atoms with E-state index in [-0.39, 0.29) is 24.9 Å². The van der Waals surface area contributed by atoms with Crippen LogP contribution in [0.4, 0.5) is 13.2 Å². The van der Waals surface area contributed by atoms with E-state index in [4.69, 9.17) is 0 Å². The average Bonchev–Trinajstić information content (AvgIpc) is 3.48. The molecule has 1 aliphatic carbocycles. The number of rotatable bonds is 6. The first-order valence-electron chi connectivity index (χ1n) is 9.90. The number of halogens is 3. The van der Waals surface area contributed by atoms with E-state index in [1.165, 1.54) is 23.9 Å². The average molecular weight is 450 g/mol. The van der Waals surface area contributed by atoms with Crippen molar-refractivity contribution in [2.75, 3.05) is 6.26 Å². The number of amides is 1. The molecule has 1 fully saturated rings. The Hall–Kier alpha value is -2.62. The maximum atomic E-state index is 13.2. The molecule has 0 saturated heterocycles. The second kappa shape index (κ2) is 8.14. The molecule has 0 spiro atoms. The van der Waals surface area contributed by atoms with Gasteiger partial charge in [-0.15, -0.1) is 5.10 Å². The fourth-order valence-electron chi connectivity index (χ4n) is 3.59. The van der Waals surface area contributed by atoms with E-state index in [9.17, 15) is 18.0 Å². The summed E-state index contributed by atoms with van der Waals surface area (Å²) in [5.74, 6) is 0.430. The molecule has 1 aliphatic rings. The number of carbonyl (C=O) groups is 1. The molecule has 0 aliphatic heterocycles. The van der Waals surface area contributed by atoms with Gasteiger partial charge in [0.25, 0.3) is 5.78 Å². The summed E-state index contributed by atoms with van der Waals surface area (Å²) in [6.07, 6.45) is -0.519. The first-order valence-corrected chi connectivity index (χ1v) is 11.1. The number of alkyl halides is 3. The van der Waals surface area contributed by atoms with E-state index in [1.54, 1.807) is 9.42 Å². The fourth-order valence-corrected chi connectivity index (χ4v) is 3.92. The molecule has 0 unspecified atom stereocenters. The molecule has 4 rings (SSSR count). The lowest BCUT2D eigenvalue weighted by molar-refractivity contribution is -0.137. The smallest absolute Gasteiger partial charge is 0.335 e.